The van der Waals surface area contributed by atoms with Crippen LogP contribution < -0.4 is 5.73 Å². The van der Waals surface area contributed by atoms with Crippen LogP contribution in [0, 0.1) is 0 Å². The summed E-state index contributed by atoms with van der Waals surface area (Å²) in [6, 6.07) is 1.56. The lowest BCUT2D eigenvalue weighted by Gasteiger charge is -2.05. The van der Waals surface area contributed by atoms with E-state index in [9.17, 15) is 4.79 Å². The third-order valence-corrected chi connectivity index (χ3v) is 1.82. The summed E-state index contributed by atoms with van der Waals surface area (Å²) >= 11 is 5.58. The number of aromatic nitrogens is 1. The average Bonchev–Trinajstić information content (AvgIpc) is 2.37. The van der Waals surface area contributed by atoms with Crippen LogP contribution in [0.5, 0.6) is 0 Å². The number of hydrogen-bond acceptors (Lipinski definition) is 2. The lowest BCUT2D eigenvalue weighted by atomic mass is 10.0. The van der Waals surface area contributed by atoms with Crippen molar-refractivity contribution in [3.05, 3.63) is 23.0 Å². The highest BCUT2D eigenvalue weighted by atomic mass is 35.5. The summed E-state index contributed by atoms with van der Waals surface area (Å²) < 4.78 is 0. The molecule has 1 unspecified atom stereocenters. The van der Waals surface area contributed by atoms with Gasteiger partial charge < -0.3 is 15.8 Å². The molecule has 1 aromatic heterocycles. The van der Waals surface area contributed by atoms with E-state index in [-0.39, 0.29) is 6.54 Å². The van der Waals surface area contributed by atoms with Crippen LogP contribution in [-0.2, 0) is 4.79 Å². The van der Waals surface area contributed by atoms with Crippen LogP contribution in [0.15, 0.2) is 12.3 Å². The molecule has 0 aliphatic heterocycles. The molecule has 4 nitrogen and oxygen atoms in total. The lowest BCUT2D eigenvalue weighted by Crippen LogP contribution is -2.20. The molecule has 0 amide bonds. The van der Waals surface area contributed by atoms with Crippen molar-refractivity contribution in [1.82, 2.24) is 4.98 Å². The molecule has 66 valence electrons. The lowest BCUT2D eigenvalue weighted by molar-refractivity contribution is -0.138. The summed E-state index contributed by atoms with van der Waals surface area (Å²) in [7, 11) is 0. The van der Waals surface area contributed by atoms with E-state index in [0.29, 0.717) is 10.7 Å². The van der Waals surface area contributed by atoms with Gasteiger partial charge in [0.1, 0.15) is 5.15 Å². The van der Waals surface area contributed by atoms with E-state index >= 15 is 0 Å². The molecule has 4 N–H and O–H groups in total. The molecule has 0 aromatic carbocycles. The molecule has 1 heterocycles. The number of rotatable bonds is 3. The van der Waals surface area contributed by atoms with Gasteiger partial charge in [-0.15, -0.1) is 0 Å². The molecule has 0 saturated heterocycles. The van der Waals surface area contributed by atoms with Crippen LogP contribution in [0.2, 0.25) is 5.15 Å². The number of hydrogen-bond donors (Lipinski definition) is 3. The van der Waals surface area contributed by atoms with Crippen molar-refractivity contribution >= 4 is 17.6 Å². The Kier molecular flexibility index (Phi) is 2.73. The van der Waals surface area contributed by atoms with Crippen LogP contribution in [-0.4, -0.2) is 22.6 Å². The molecule has 0 radical (unpaired) electrons. The topological polar surface area (TPSA) is 79.1 Å². The molecule has 0 aliphatic rings. The quantitative estimate of drug-likeness (QED) is 0.656. The van der Waals surface area contributed by atoms with Crippen LogP contribution >= 0.6 is 11.6 Å². The zero-order valence-corrected chi connectivity index (χ0v) is 7.01. The van der Waals surface area contributed by atoms with Gasteiger partial charge in [-0.05, 0) is 11.6 Å². The predicted octanol–water partition coefficient (Wildman–Crippen LogP) is 0.795. The number of carbonyl (C=O) groups is 1. The van der Waals surface area contributed by atoms with Gasteiger partial charge in [0, 0.05) is 12.7 Å². The maximum Gasteiger partial charge on any atom is 0.312 e. The van der Waals surface area contributed by atoms with Crippen molar-refractivity contribution in [1.29, 1.82) is 0 Å². The van der Waals surface area contributed by atoms with E-state index < -0.39 is 11.9 Å². The third-order valence-electron chi connectivity index (χ3n) is 1.61. The van der Waals surface area contributed by atoms with Gasteiger partial charge >= 0.3 is 5.97 Å². The van der Waals surface area contributed by atoms with E-state index in [1.165, 1.54) is 0 Å². The smallest absolute Gasteiger partial charge is 0.312 e. The Balaban J connectivity index is 2.87. The fourth-order valence-corrected chi connectivity index (χ4v) is 1.14. The first kappa shape index (κ1) is 9.09. The minimum Gasteiger partial charge on any atom is -0.481 e. The Morgan fingerprint density at radius 3 is 2.83 bits per heavy atom. The number of nitrogens with one attached hydrogen (secondary N) is 1. The maximum absolute atomic E-state index is 10.6. The van der Waals surface area contributed by atoms with E-state index in [1.807, 2.05) is 0 Å². The molecule has 0 spiro atoms. The van der Waals surface area contributed by atoms with Crippen molar-refractivity contribution in [2.24, 2.45) is 5.73 Å². The number of carboxylic acids is 1. The standard InChI is InChI=1S/C7H9ClN2O2/c8-6-1-4(3-10-6)5(2-9)7(11)12/h1,3,5,10H,2,9H2,(H,11,12). The van der Waals surface area contributed by atoms with Gasteiger partial charge in [-0.1, -0.05) is 11.6 Å². The van der Waals surface area contributed by atoms with Crippen molar-refractivity contribution < 1.29 is 9.90 Å². The Hall–Kier alpha value is -1.00. The zero-order chi connectivity index (χ0) is 9.14. The van der Waals surface area contributed by atoms with E-state index in [0.717, 1.165) is 0 Å². The molecule has 0 saturated carbocycles. The van der Waals surface area contributed by atoms with Gasteiger partial charge in [0.15, 0.2) is 0 Å². The molecule has 0 bridgehead atoms. The number of aromatic amines is 1. The molecule has 0 fully saturated rings. The number of aliphatic carboxylic acids is 1. The molecule has 12 heavy (non-hydrogen) atoms. The number of halogens is 1. The van der Waals surface area contributed by atoms with Crippen molar-refractivity contribution in [2.45, 2.75) is 5.92 Å². The summed E-state index contributed by atoms with van der Waals surface area (Å²) in [5.41, 5.74) is 5.88. The first-order chi connectivity index (χ1) is 5.65. The zero-order valence-electron chi connectivity index (χ0n) is 6.25. The van der Waals surface area contributed by atoms with E-state index in [1.54, 1.807) is 12.3 Å². The monoisotopic (exact) mass is 188 g/mol. The molecular weight excluding hydrogens is 180 g/mol. The van der Waals surface area contributed by atoms with Crippen LogP contribution in [0.1, 0.15) is 11.5 Å². The number of nitrogens with two attached hydrogens (primary N) is 1. The largest absolute Gasteiger partial charge is 0.481 e. The predicted molar refractivity (Wildman–Crippen MR) is 45.2 cm³/mol. The summed E-state index contributed by atoms with van der Waals surface area (Å²) in [5, 5.41) is 9.12. The fourth-order valence-electron chi connectivity index (χ4n) is 0.963. The van der Waals surface area contributed by atoms with Gasteiger partial charge in [0.25, 0.3) is 0 Å². The second-order valence-corrected chi connectivity index (χ2v) is 2.81. The summed E-state index contributed by atoms with van der Waals surface area (Å²) in [6.07, 6.45) is 1.55. The van der Waals surface area contributed by atoms with Crippen molar-refractivity contribution in [3.63, 3.8) is 0 Å². The second kappa shape index (κ2) is 3.60. The minimum absolute atomic E-state index is 0.0729. The highest BCUT2D eigenvalue weighted by molar-refractivity contribution is 6.29. The maximum atomic E-state index is 10.6. The SMILES string of the molecule is NCC(C(=O)O)c1c[nH]c(Cl)c1. The van der Waals surface area contributed by atoms with Crippen LogP contribution in [0.4, 0.5) is 0 Å². The molecular formula is C7H9ClN2O2. The molecule has 1 aromatic rings. The average molecular weight is 189 g/mol. The molecule has 1 atom stereocenters. The van der Waals surface area contributed by atoms with Gasteiger partial charge in [-0.25, -0.2) is 0 Å². The molecule has 5 heteroatoms. The van der Waals surface area contributed by atoms with Gasteiger partial charge in [0.05, 0.1) is 5.92 Å². The summed E-state index contributed by atoms with van der Waals surface area (Å²) in [6.45, 7) is 0.0729. The van der Waals surface area contributed by atoms with E-state index in [2.05, 4.69) is 4.98 Å². The summed E-state index contributed by atoms with van der Waals surface area (Å²) in [4.78, 5) is 13.3. The molecule has 1 rings (SSSR count). The second-order valence-electron chi connectivity index (χ2n) is 2.41. The van der Waals surface area contributed by atoms with Crippen LogP contribution in [0.25, 0.3) is 0 Å². The number of carboxylic acid groups (broad SMARTS) is 1. The first-order valence-corrected chi connectivity index (χ1v) is 3.79. The Labute approximate surface area is 74.3 Å². The Bertz CT molecular complexity index is 285. The molecule has 0 aliphatic carbocycles. The van der Waals surface area contributed by atoms with Crippen molar-refractivity contribution in [2.75, 3.05) is 6.54 Å². The highest BCUT2D eigenvalue weighted by Crippen LogP contribution is 2.18. The normalized spacial score (nSPS) is 12.8. The van der Waals surface area contributed by atoms with Crippen molar-refractivity contribution in [3.8, 4) is 0 Å². The minimum atomic E-state index is -0.937. The fraction of sp³-hybridized carbons (Fsp3) is 0.286. The third kappa shape index (κ3) is 1.78. The van der Waals surface area contributed by atoms with Crippen LogP contribution in [0.3, 0.4) is 0 Å². The first-order valence-electron chi connectivity index (χ1n) is 3.42. The van der Waals surface area contributed by atoms with Gasteiger partial charge in [0.2, 0.25) is 0 Å². The van der Waals surface area contributed by atoms with E-state index in [4.69, 9.17) is 22.4 Å². The number of H-pyrrole nitrogens is 1. The van der Waals surface area contributed by atoms with Gasteiger partial charge in [-0.3, -0.25) is 4.79 Å². The Morgan fingerprint density at radius 1 is 1.83 bits per heavy atom. The highest BCUT2D eigenvalue weighted by Gasteiger charge is 2.18. The van der Waals surface area contributed by atoms with Gasteiger partial charge in [-0.2, -0.15) is 0 Å². The Morgan fingerprint density at radius 2 is 2.50 bits per heavy atom. The summed E-state index contributed by atoms with van der Waals surface area (Å²) in [5.74, 6) is -1.61.